The van der Waals surface area contributed by atoms with E-state index in [1.165, 1.54) is 0 Å². The number of para-hydroxylation sites is 1. The lowest BCUT2D eigenvalue weighted by Gasteiger charge is -2.36. The Morgan fingerprint density at radius 1 is 0.759 bits per heavy atom. The van der Waals surface area contributed by atoms with Gasteiger partial charge in [-0.3, -0.25) is 0 Å². The lowest BCUT2D eigenvalue weighted by atomic mass is 10.2. The summed E-state index contributed by atoms with van der Waals surface area (Å²) in [5, 5.41) is 8.70. The van der Waals surface area contributed by atoms with Gasteiger partial charge in [0.2, 0.25) is 0 Å². The van der Waals surface area contributed by atoms with E-state index in [4.69, 9.17) is 0 Å². The van der Waals surface area contributed by atoms with Gasteiger partial charge in [0.25, 0.3) is 0 Å². The Morgan fingerprint density at radius 2 is 1.41 bits per heavy atom. The number of hydrogen-bond acceptors (Lipinski definition) is 8. The molecule has 0 aliphatic carbocycles. The quantitative estimate of drug-likeness (QED) is 0.527. The van der Waals surface area contributed by atoms with E-state index < -0.39 is 0 Å². The number of hydrogen-bond donors (Lipinski definition) is 0. The first-order valence-corrected chi connectivity index (χ1v) is 9.62. The van der Waals surface area contributed by atoms with Crippen LogP contribution in [0.1, 0.15) is 11.3 Å². The van der Waals surface area contributed by atoms with Gasteiger partial charge in [-0.1, -0.05) is 23.4 Å². The average molecular weight is 387 g/mol. The van der Waals surface area contributed by atoms with E-state index in [9.17, 15) is 0 Å². The molecule has 0 unspecified atom stereocenters. The highest BCUT2D eigenvalue weighted by Crippen LogP contribution is 2.25. The van der Waals surface area contributed by atoms with Crippen molar-refractivity contribution < 1.29 is 0 Å². The summed E-state index contributed by atoms with van der Waals surface area (Å²) < 4.78 is 1.75. The van der Waals surface area contributed by atoms with Gasteiger partial charge in [0, 0.05) is 37.4 Å². The molecule has 0 bridgehead atoms. The van der Waals surface area contributed by atoms with Gasteiger partial charge in [0.15, 0.2) is 17.0 Å². The minimum absolute atomic E-state index is 0.714. The van der Waals surface area contributed by atoms with Gasteiger partial charge in [0.05, 0.1) is 5.69 Å². The average Bonchev–Trinajstić information content (AvgIpc) is 3.21. The van der Waals surface area contributed by atoms with Crippen LogP contribution in [-0.4, -0.2) is 61.1 Å². The van der Waals surface area contributed by atoms with E-state index in [0.717, 1.165) is 60.3 Å². The lowest BCUT2D eigenvalue weighted by molar-refractivity contribution is 0.639. The maximum Gasteiger partial charge on any atom is 0.189 e. The summed E-state index contributed by atoms with van der Waals surface area (Å²) in [7, 11) is 0. The lowest BCUT2D eigenvalue weighted by Crippen LogP contribution is -2.47. The molecule has 0 atom stereocenters. The maximum atomic E-state index is 4.52. The van der Waals surface area contributed by atoms with Crippen molar-refractivity contribution in [3.63, 3.8) is 0 Å². The van der Waals surface area contributed by atoms with E-state index in [-0.39, 0.29) is 0 Å². The number of anilines is 2. The molecule has 1 aliphatic rings. The second-order valence-electron chi connectivity index (χ2n) is 7.09. The summed E-state index contributed by atoms with van der Waals surface area (Å²) in [6, 6.07) is 9.90. The molecule has 1 saturated heterocycles. The van der Waals surface area contributed by atoms with Crippen LogP contribution >= 0.6 is 0 Å². The zero-order chi connectivity index (χ0) is 19.8. The SMILES string of the molecule is Cc1ncnc(N2CCN(c3ncnc4c3nnn4-c3ccccc3)CC2)c1C. The predicted octanol–water partition coefficient (Wildman–Crippen LogP) is 1.94. The smallest absolute Gasteiger partial charge is 0.189 e. The zero-order valence-electron chi connectivity index (χ0n) is 16.4. The minimum Gasteiger partial charge on any atom is -0.353 e. The third kappa shape index (κ3) is 3.04. The van der Waals surface area contributed by atoms with Gasteiger partial charge in [-0.2, -0.15) is 4.68 Å². The van der Waals surface area contributed by atoms with E-state index >= 15 is 0 Å². The number of fused-ring (bicyclic) bond motifs is 1. The molecule has 0 N–H and O–H groups in total. The van der Waals surface area contributed by atoms with Gasteiger partial charge < -0.3 is 9.80 Å². The van der Waals surface area contributed by atoms with Crippen molar-refractivity contribution in [3.8, 4) is 5.69 Å². The van der Waals surface area contributed by atoms with Crippen molar-refractivity contribution in [2.45, 2.75) is 13.8 Å². The molecule has 1 fully saturated rings. The molecule has 3 aromatic heterocycles. The largest absolute Gasteiger partial charge is 0.353 e. The Morgan fingerprint density at radius 3 is 2.17 bits per heavy atom. The van der Waals surface area contributed by atoms with Gasteiger partial charge in [-0.25, -0.2) is 19.9 Å². The number of nitrogens with zero attached hydrogens (tertiary/aromatic N) is 9. The second kappa shape index (κ2) is 7.08. The number of aryl methyl sites for hydroxylation is 1. The molecule has 4 aromatic rings. The normalized spacial score (nSPS) is 14.6. The fourth-order valence-corrected chi connectivity index (χ4v) is 3.69. The van der Waals surface area contributed by atoms with Crippen LogP contribution in [0.25, 0.3) is 16.9 Å². The standard InChI is InChI=1S/C20H21N9/c1-14-15(2)21-12-22-18(14)27-8-10-28(11-9-27)19-17-20(24-13-23-19)29(26-25-17)16-6-4-3-5-7-16/h3-7,12-13H,8-11H2,1-2H3. The molecule has 146 valence electrons. The van der Waals surface area contributed by atoms with Crippen LogP contribution in [0.15, 0.2) is 43.0 Å². The summed E-state index contributed by atoms with van der Waals surface area (Å²) in [5.41, 5.74) is 4.52. The molecule has 0 spiro atoms. The molecule has 9 nitrogen and oxygen atoms in total. The fourth-order valence-electron chi connectivity index (χ4n) is 3.69. The highest BCUT2D eigenvalue weighted by molar-refractivity contribution is 5.83. The summed E-state index contributed by atoms with van der Waals surface area (Å²) in [6.07, 6.45) is 3.23. The van der Waals surface area contributed by atoms with E-state index in [0.29, 0.717) is 5.65 Å². The molecular weight excluding hydrogens is 366 g/mol. The van der Waals surface area contributed by atoms with Crippen molar-refractivity contribution in [3.05, 3.63) is 54.2 Å². The number of benzene rings is 1. The van der Waals surface area contributed by atoms with Crippen LogP contribution in [0.3, 0.4) is 0 Å². The van der Waals surface area contributed by atoms with Crippen LogP contribution in [0, 0.1) is 13.8 Å². The molecule has 29 heavy (non-hydrogen) atoms. The van der Waals surface area contributed by atoms with Crippen molar-refractivity contribution >= 4 is 22.8 Å². The zero-order valence-corrected chi connectivity index (χ0v) is 16.4. The number of rotatable bonds is 3. The molecule has 0 saturated carbocycles. The van der Waals surface area contributed by atoms with Crippen molar-refractivity contribution in [1.82, 2.24) is 34.9 Å². The fraction of sp³-hybridized carbons (Fsp3) is 0.300. The highest BCUT2D eigenvalue weighted by Gasteiger charge is 2.24. The first kappa shape index (κ1) is 17.5. The Labute approximate surface area is 168 Å². The third-order valence-electron chi connectivity index (χ3n) is 5.41. The monoisotopic (exact) mass is 387 g/mol. The van der Waals surface area contributed by atoms with Crippen LogP contribution in [-0.2, 0) is 0 Å². The van der Waals surface area contributed by atoms with Crippen molar-refractivity contribution in [2.24, 2.45) is 0 Å². The first-order chi connectivity index (χ1) is 14.2. The van der Waals surface area contributed by atoms with E-state index in [1.54, 1.807) is 17.3 Å². The molecule has 1 aliphatic heterocycles. The van der Waals surface area contributed by atoms with Gasteiger partial charge in [0.1, 0.15) is 18.5 Å². The Balaban J connectivity index is 1.41. The van der Waals surface area contributed by atoms with Crippen molar-refractivity contribution in [2.75, 3.05) is 36.0 Å². The summed E-state index contributed by atoms with van der Waals surface area (Å²) in [5.74, 6) is 1.84. The summed E-state index contributed by atoms with van der Waals surface area (Å²) >= 11 is 0. The second-order valence-corrected chi connectivity index (χ2v) is 7.09. The molecular formula is C20H21N9. The Bertz CT molecular complexity index is 1150. The van der Waals surface area contributed by atoms with E-state index in [1.807, 2.05) is 37.3 Å². The van der Waals surface area contributed by atoms with Gasteiger partial charge >= 0.3 is 0 Å². The maximum absolute atomic E-state index is 4.52. The first-order valence-electron chi connectivity index (χ1n) is 9.62. The third-order valence-corrected chi connectivity index (χ3v) is 5.41. The van der Waals surface area contributed by atoms with Gasteiger partial charge in [-0.15, -0.1) is 5.10 Å². The Kier molecular flexibility index (Phi) is 4.27. The molecule has 9 heteroatoms. The molecule has 0 radical (unpaired) electrons. The van der Waals surface area contributed by atoms with Crippen LogP contribution in [0.4, 0.5) is 11.6 Å². The molecule has 4 heterocycles. The van der Waals surface area contributed by atoms with Crippen molar-refractivity contribution in [1.29, 1.82) is 0 Å². The molecule has 0 amide bonds. The topological polar surface area (TPSA) is 88.8 Å². The minimum atomic E-state index is 0.714. The number of piperazine rings is 1. The van der Waals surface area contributed by atoms with Crippen LogP contribution in [0.5, 0.6) is 0 Å². The summed E-state index contributed by atoms with van der Waals surface area (Å²) in [4.78, 5) is 22.3. The van der Waals surface area contributed by atoms with E-state index in [2.05, 4.69) is 47.0 Å². The van der Waals surface area contributed by atoms with Crippen LogP contribution < -0.4 is 9.80 Å². The molecule has 5 rings (SSSR count). The Hall–Kier alpha value is -3.62. The predicted molar refractivity (Wildman–Crippen MR) is 110 cm³/mol. The molecule has 1 aromatic carbocycles. The summed E-state index contributed by atoms with van der Waals surface area (Å²) in [6.45, 7) is 7.46. The highest BCUT2D eigenvalue weighted by atomic mass is 15.5. The van der Waals surface area contributed by atoms with Crippen LogP contribution in [0.2, 0.25) is 0 Å². The number of aromatic nitrogens is 7. The van der Waals surface area contributed by atoms with Gasteiger partial charge in [-0.05, 0) is 26.0 Å².